The molecule has 5 heteroatoms. The van der Waals surface area contributed by atoms with Crippen molar-refractivity contribution in [2.45, 2.75) is 12.6 Å². The van der Waals surface area contributed by atoms with Crippen molar-refractivity contribution in [2.24, 2.45) is 0 Å². The zero-order valence-corrected chi connectivity index (χ0v) is 19.0. The monoisotopic (exact) mass is 435 g/mol. The predicted molar refractivity (Wildman–Crippen MR) is 129 cm³/mol. The average Bonchev–Trinajstić information content (AvgIpc) is 2.78. The molecule has 1 N–H and O–H groups in total. The highest BCUT2D eigenvalue weighted by Crippen LogP contribution is 2.31. The van der Waals surface area contributed by atoms with Crippen LogP contribution in [0.1, 0.15) is 22.7 Å². The van der Waals surface area contributed by atoms with Gasteiger partial charge in [0.2, 0.25) is 0 Å². The van der Waals surface area contributed by atoms with Crippen LogP contribution in [-0.2, 0) is 6.54 Å². The van der Waals surface area contributed by atoms with E-state index in [0.717, 1.165) is 43.4 Å². The van der Waals surface area contributed by atoms with Crippen LogP contribution >= 0.6 is 11.6 Å². The van der Waals surface area contributed by atoms with Gasteiger partial charge in [0.05, 0.1) is 11.7 Å². The van der Waals surface area contributed by atoms with E-state index in [1.807, 2.05) is 37.2 Å². The number of halogens is 1. The smallest absolute Gasteiger partial charge is 0.138 e. The molecule has 1 unspecified atom stereocenters. The molecule has 0 radical (unpaired) electrons. The summed E-state index contributed by atoms with van der Waals surface area (Å²) < 4.78 is 0. The molecule has 3 aromatic rings. The van der Waals surface area contributed by atoms with Crippen molar-refractivity contribution < 1.29 is 5.11 Å². The van der Waals surface area contributed by atoms with Gasteiger partial charge in [-0.3, -0.25) is 9.80 Å². The second-order valence-electron chi connectivity index (χ2n) is 8.39. The minimum Gasteiger partial charge on any atom is -0.506 e. The number of benzene rings is 3. The van der Waals surface area contributed by atoms with Crippen LogP contribution in [0.3, 0.4) is 0 Å². The first-order chi connectivity index (χ1) is 15.0. The third-order valence-corrected chi connectivity index (χ3v) is 6.25. The van der Waals surface area contributed by atoms with Crippen molar-refractivity contribution in [1.82, 2.24) is 9.80 Å². The molecule has 0 bridgehead atoms. The molecule has 1 saturated heterocycles. The standard InChI is InChI=1S/C26H30ClN3O/c1-28(2)24-18-20(8-13-25(24)31)19-29-14-16-30(17-15-29)26(21-6-4-3-5-7-21)22-9-11-23(27)12-10-22/h3-13,18,26,31H,14-17,19H2,1-2H3. The van der Waals surface area contributed by atoms with Crippen LogP contribution < -0.4 is 4.90 Å². The zero-order chi connectivity index (χ0) is 21.8. The van der Waals surface area contributed by atoms with E-state index in [-0.39, 0.29) is 6.04 Å². The molecule has 162 valence electrons. The molecule has 0 amide bonds. The highest BCUT2D eigenvalue weighted by atomic mass is 35.5. The number of hydrogen-bond acceptors (Lipinski definition) is 4. The van der Waals surface area contributed by atoms with Crippen molar-refractivity contribution in [3.05, 3.63) is 94.5 Å². The summed E-state index contributed by atoms with van der Waals surface area (Å²) in [6, 6.07) is 25.1. The maximum atomic E-state index is 10.1. The van der Waals surface area contributed by atoms with Gasteiger partial charge in [-0.2, -0.15) is 0 Å². The van der Waals surface area contributed by atoms with E-state index in [9.17, 15) is 5.11 Å². The molecule has 0 aliphatic carbocycles. The summed E-state index contributed by atoms with van der Waals surface area (Å²) in [7, 11) is 3.91. The number of phenolic OH excluding ortho intramolecular Hbond substituents is 1. The van der Waals surface area contributed by atoms with Gasteiger partial charge in [0.25, 0.3) is 0 Å². The highest BCUT2D eigenvalue weighted by Gasteiger charge is 2.26. The van der Waals surface area contributed by atoms with E-state index < -0.39 is 0 Å². The van der Waals surface area contributed by atoms with E-state index in [4.69, 9.17) is 11.6 Å². The summed E-state index contributed by atoms with van der Waals surface area (Å²) in [5.74, 6) is 0.326. The summed E-state index contributed by atoms with van der Waals surface area (Å²) in [6.45, 7) is 4.91. The molecule has 1 heterocycles. The molecule has 0 aromatic heterocycles. The van der Waals surface area contributed by atoms with E-state index in [1.165, 1.54) is 16.7 Å². The van der Waals surface area contributed by atoms with Crippen molar-refractivity contribution >= 4 is 17.3 Å². The highest BCUT2D eigenvalue weighted by molar-refractivity contribution is 6.30. The summed E-state index contributed by atoms with van der Waals surface area (Å²) in [4.78, 5) is 7.01. The van der Waals surface area contributed by atoms with Crippen LogP contribution in [0.25, 0.3) is 0 Å². The summed E-state index contributed by atoms with van der Waals surface area (Å²) in [5, 5.41) is 10.8. The lowest BCUT2D eigenvalue weighted by Crippen LogP contribution is -2.47. The molecule has 4 nitrogen and oxygen atoms in total. The maximum Gasteiger partial charge on any atom is 0.138 e. The minimum absolute atomic E-state index is 0.231. The molecule has 0 saturated carbocycles. The van der Waals surface area contributed by atoms with E-state index in [2.05, 4.69) is 58.3 Å². The molecule has 1 aliphatic rings. The normalized spacial score (nSPS) is 16.2. The topological polar surface area (TPSA) is 30.0 Å². The minimum atomic E-state index is 0.231. The fourth-order valence-electron chi connectivity index (χ4n) is 4.36. The Morgan fingerprint density at radius 3 is 2.16 bits per heavy atom. The molecule has 3 aromatic carbocycles. The fourth-order valence-corrected chi connectivity index (χ4v) is 4.48. The third-order valence-electron chi connectivity index (χ3n) is 6.00. The average molecular weight is 436 g/mol. The Kier molecular flexibility index (Phi) is 6.81. The van der Waals surface area contributed by atoms with Gasteiger partial charge in [-0.1, -0.05) is 60.1 Å². The lowest BCUT2D eigenvalue weighted by atomic mass is 9.96. The zero-order valence-electron chi connectivity index (χ0n) is 18.2. The number of aromatic hydroxyl groups is 1. The molecule has 1 aliphatic heterocycles. The number of rotatable bonds is 6. The van der Waals surface area contributed by atoms with Gasteiger partial charge < -0.3 is 10.0 Å². The van der Waals surface area contributed by atoms with Crippen LogP contribution in [0.15, 0.2) is 72.8 Å². The van der Waals surface area contributed by atoms with Gasteiger partial charge in [-0.05, 0) is 41.0 Å². The summed E-state index contributed by atoms with van der Waals surface area (Å²) in [5.41, 5.74) is 4.68. The van der Waals surface area contributed by atoms with Gasteiger partial charge in [-0.25, -0.2) is 0 Å². The van der Waals surface area contributed by atoms with E-state index >= 15 is 0 Å². The first kappa shape index (κ1) is 21.7. The van der Waals surface area contributed by atoms with Gasteiger partial charge in [0, 0.05) is 51.8 Å². The van der Waals surface area contributed by atoms with E-state index in [1.54, 1.807) is 6.07 Å². The number of nitrogens with zero attached hydrogens (tertiary/aromatic N) is 3. The van der Waals surface area contributed by atoms with Crippen molar-refractivity contribution in [2.75, 3.05) is 45.2 Å². The summed E-state index contributed by atoms with van der Waals surface area (Å²) in [6.07, 6.45) is 0. The first-order valence-corrected chi connectivity index (χ1v) is 11.1. The Hall–Kier alpha value is -2.53. The lowest BCUT2D eigenvalue weighted by molar-refractivity contribution is 0.105. The SMILES string of the molecule is CN(C)c1cc(CN2CCN(C(c3ccccc3)c3ccc(Cl)cc3)CC2)ccc1O. The molecular formula is C26H30ClN3O. The molecule has 1 fully saturated rings. The van der Waals surface area contributed by atoms with Crippen LogP contribution in [0, 0.1) is 0 Å². The Labute approximate surface area is 190 Å². The van der Waals surface area contributed by atoms with Gasteiger partial charge in [0.15, 0.2) is 0 Å². The number of hydrogen-bond donors (Lipinski definition) is 1. The van der Waals surface area contributed by atoms with Gasteiger partial charge in [-0.15, -0.1) is 0 Å². The second-order valence-corrected chi connectivity index (χ2v) is 8.83. The van der Waals surface area contributed by atoms with Crippen molar-refractivity contribution in [3.63, 3.8) is 0 Å². The summed E-state index contributed by atoms with van der Waals surface area (Å²) >= 11 is 6.15. The quantitative estimate of drug-likeness (QED) is 0.588. The molecule has 1 atom stereocenters. The van der Waals surface area contributed by atoms with E-state index in [0.29, 0.717) is 5.75 Å². The van der Waals surface area contributed by atoms with Crippen LogP contribution in [0.2, 0.25) is 5.02 Å². The van der Waals surface area contributed by atoms with Crippen molar-refractivity contribution in [3.8, 4) is 5.75 Å². The lowest BCUT2D eigenvalue weighted by Gasteiger charge is -2.40. The van der Waals surface area contributed by atoms with Crippen LogP contribution in [0.5, 0.6) is 5.75 Å². The van der Waals surface area contributed by atoms with Crippen LogP contribution in [-0.4, -0.2) is 55.2 Å². The Morgan fingerprint density at radius 1 is 0.871 bits per heavy atom. The predicted octanol–water partition coefficient (Wildman–Crippen LogP) is 5.02. The Bertz CT molecular complexity index is 983. The Morgan fingerprint density at radius 2 is 1.52 bits per heavy atom. The Balaban J connectivity index is 1.47. The number of phenols is 1. The molecule has 31 heavy (non-hydrogen) atoms. The largest absolute Gasteiger partial charge is 0.506 e. The third kappa shape index (κ3) is 5.21. The van der Waals surface area contributed by atoms with Crippen LogP contribution in [0.4, 0.5) is 5.69 Å². The van der Waals surface area contributed by atoms with Gasteiger partial charge in [0.1, 0.15) is 5.75 Å². The first-order valence-electron chi connectivity index (χ1n) is 10.8. The molecular weight excluding hydrogens is 406 g/mol. The molecule has 4 rings (SSSR count). The number of anilines is 1. The fraction of sp³-hybridized carbons (Fsp3) is 0.308. The molecule has 0 spiro atoms. The maximum absolute atomic E-state index is 10.1. The second kappa shape index (κ2) is 9.73. The number of piperazine rings is 1. The van der Waals surface area contributed by atoms with Crippen molar-refractivity contribution in [1.29, 1.82) is 0 Å². The van der Waals surface area contributed by atoms with Gasteiger partial charge >= 0.3 is 0 Å².